The fourth-order valence-corrected chi connectivity index (χ4v) is 2.48. The van der Waals surface area contributed by atoms with Gasteiger partial charge in [-0.15, -0.1) is 0 Å². The van der Waals surface area contributed by atoms with Crippen LogP contribution >= 0.6 is 0 Å². The second kappa shape index (κ2) is 7.24. The van der Waals surface area contributed by atoms with E-state index in [4.69, 9.17) is 9.84 Å². The Kier molecular flexibility index (Phi) is 5.35. The van der Waals surface area contributed by atoms with E-state index in [9.17, 15) is 9.18 Å². The number of benzene rings is 1. The van der Waals surface area contributed by atoms with Gasteiger partial charge in [-0.1, -0.05) is 0 Å². The molecule has 0 aliphatic carbocycles. The summed E-state index contributed by atoms with van der Waals surface area (Å²) < 4.78 is 18.1. The van der Waals surface area contributed by atoms with E-state index in [1.54, 1.807) is 4.90 Å². The van der Waals surface area contributed by atoms with Crippen molar-refractivity contribution >= 4 is 5.91 Å². The normalized spacial score (nSPS) is 18.9. The highest BCUT2D eigenvalue weighted by molar-refractivity contribution is 5.77. The standard InChI is InChI=1S/C15H20FNO3/c16-13-3-5-14(6-4-13)20-11-15(19)17-8-1-2-12(10-17)7-9-18/h3-6,12,18H,1-2,7-11H2. The number of nitrogens with zero attached hydrogens (tertiary/aromatic N) is 1. The van der Waals surface area contributed by atoms with Crippen LogP contribution in [-0.4, -0.2) is 42.2 Å². The van der Waals surface area contributed by atoms with Gasteiger partial charge in [0, 0.05) is 19.7 Å². The summed E-state index contributed by atoms with van der Waals surface area (Å²) in [5.74, 6) is 0.482. The molecule has 1 heterocycles. The third-order valence-electron chi connectivity index (χ3n) is 3.58. The Morgan fingerprint density at radius 3 is 2.85 bits per heavy atom. The highest BCUT2D eigenvalue weighted by Gasteiger charge is 2.23. The third-order valence-corrected chi connectivity index (χ3v) is 3.58. The summed E-state index contributed by atoms with van der Waals surface area (Å²) in [6.07, 6.45) is 2.76. The highest BCUT2D eigenvalue weighted by Crippen LogP contribution is 2.19. The lowest BCUT2D eigenvalue weighted by Gasteiger charge is -2.32. The van der Waals surface area contributed by atoms with Crippen molar-refractivity contribution < 1.29 is 19.0 Å². The van der Waals surface area contributed by atoms with Crippen LogP contribution in [0.15, 0.2) is 24.3 Å². The summed E-state index contributed by atoms with van der Waals surface area (Å²) in [5, 5.41) is 8.96. The summed E-state index contributed by atoms with van der Waals surface area (Å²) >= 11 is 0. The fourth-order valence-electron chi connectivity index (χ4n) is 2.48. The fraction of sp³-hybridized carbons (Fsp3) is 0.533. The zero-order valence-electron chi connectivity index (χ0n) is 11.4. The van der Waals surface area contributed by atoms with Crippen molar-refractivity contribution in [2.75, 3.05) is 26.3 Å². The lowest BCUT2D eigenvalue weighted by molar-refractivity contribution is -0.135. The van der Waals surface area contributed by atoms with Crippen molar-refractivity contribution in [1.82, 2.24) is 4.90 Å². The number of piperidine rings is 1. The summed E-state index contributed by atoms with van der Waals surface area (Å²) in [4.78, 5) is 13.8. The van der Waals surface area contributed by atoms with Crippen LogP contribution in [0.2, 0.25) is 0 Å². The van der Waals surface area contributed by atoms with Gasteiger partial charge < -0.3 is 14.7 Å². The van der Waals surface area contributed by atoms with Crippen LogP contribution in [0.3, 0.4) is 0 Å². The maximum absolute atomic E-state index is 12.7. The summed E-state index contributed by atoms with van der Waals surface area (Å²) in [6.45, 7) is 1.57. The first kappa shape index (κ1) is 14.8. The minimum Gasteiger partial charge on any atom is -0.484 e. The van der Waals surface area contributed by atoms with Gasteiger partial charge in [-0.2, -0.15) is 0 Å². The number of rotatable bonds is 5. The average molecular weight is 281 g/mol. The van der Waals surface area contributed by atoms with E-state index < -0.39 is 0 Å². The molecule has 1 amide bonds. The molecule has 0 saturated carbocycles. The average Bonchev–Trinajstić information content (AvgIpc) is 2.47. The SMILES string of the molecule is O=C(COc1ccc(F)cc1)N1CCCC(CCO)C1. The van der Waals surface area contributed by atoms with Crippen LogP contribution in [0.25, 0.3) is 0 Å². The molecule has 0 bridgehead atoms. The molecule has 1 aromatic carbocycles. The predicted octanol–water partition coefficient (Wildman–Crippen LogP) is 1.83. The second-order valence-electron chi connectivity index (χ2n) is 5.10. The lowest BCUT2D eigenvalue weighted by atomic mass is 9.95. The molecule has 1 aliphatic heterocycles. The lowest BCUT2D eigenvalue weighted by Crippen LogP contribution is -2.42. The van der Waals surface area contributed by atoms with Crippen molar-refractivity contribution in [2.45, 2.75) is 19.3 Å². The molecular formula is C15H20FNO3. The molecule has 4 nitrogen and oxygen atoms in total. The van der Waals surface area contributed by atoms with Gasteiger partial charge >= 0.3 is 0 Å². The molecule has 2 rings (SSSR count). The van der Waals surface area contributed by atoms with Crippen LogP contribution < -0.4 is 4.74 Å². The smallest absolute Gasteiger partial charge is 0.260 e. The molecule has 0 radical (unpaired) electrons. The minimum absolute atomic E-state index is 0.0303. The number of carbonyl (C=O) groups excluding carboxylic acids is 1. The Morgan fingerprint density at radius 1 is 1.40 bits per heavy atom. The maximum atomic E-state index is 12.7. The summed E-state index contributed by atoms with van der Waals surface area (Å²) in [7, 11) is 0. The van der Waals surface area contributed by atoms with Crippen LogP contribution in [0.4, 0.5) is 4.39 Å². The molecule has 1 unspecified atom stereocenters. The zero-order valence-corrected chi connectivity index (χ0v) is 11.4. The first-order valence-corrected chi connectivity index (χ1v) is 6.96. The second-order valence-corrected chi connectivity index (χ2v) is 5.10. The maximum Gasteiger partial charge on any atom is 0.260 e. The Morgan fingerprint density at radius 2 is 2.15 bits per heavy atom. The van der Waals surface area contributed by atoms with Crippen molar-refractivity contribution in [3.8, 4) is 5.75 Å². The molecule has 1 saturated heterocycles. The Balaban J connectivity index is 1.80. The van der Waals surface area contributed by atoms with E-state index in [2.05, 4.69) is 0 Å². The number of amides is 1. The molecule has 0 aromatic heterocycles. The molecule has 1 aliphatic rings. The number of aliphatic hydroxyl groups is 1. The Labute approximate surface area is 118 Å². The van der Waals surface area contributed by atoms with Gasteiger partial charge in [0.1, 0.15) is 11.6 Å². The van der Waals surface area contributed by atoms with Gasteiger partial charge in [0.05, 0.1) is 0 Å². The van der Waals surface area contributed by atoms with E-state index in [0.717, 1.165) is 25.8 Å². The molecule has 1 fully saturated rings. The predicted molar refractivity (Wildman–Crippen MR) is 72.9 cm³/mol. The molecule has 1 atom stereocenters. The van der Waals surface area contributed by atoms with Crippen molar-refractivity contribution in [3.63, 3.8) is 0 Å². The third kappa shape index (κ3) is 4.20. The van der Waals surface area contributed by atoms with Crippen molar-refractivity contribution in [3.05, 3.63) is 30.1 Å². The van der Waals surface area contributed by atoms with Gasteiger partial charge in [0.25, 0.3) is 5.91 Å². The quantitative estimate of drug-likeness (QED) is 0.895. The molecule has 5 heteroatoms. The molecule has 1 N–H and O–H groups in total. The number of halogens is 1. The van der Waals surface area contributed by atoms with E-state index in [0.29, 0.717) is 18.2 Å². The van der Waals surface area contributed by atoms with Crippen LogP contribution in [-0.2, 0) is 4.79 Å². The van der Waals surface area contributed by atoms with Gasteiger partial charge in [0.2, 0.25) is 0 Å². The van der Waals surface area contributed by atoms with Gasteiger partial charge in [-0.25, -0.2) is 4.39 Å². The molecule has 20 heavy (non-hydrogen) atoms. The van der Waals surface area contributed by atoms with Gasteiger partial charge in [0.15, 0.2) is 6.61 Å². The monoisotopic (exact) mass is 281 g/mol. The molecular weight excluding hydrogens is 261 g/mol. The largest absolute Gasteiger partial charge is 0.484 e. The molecule has 1 aromatic rings. The van der Waals surface area contributed by atoms with Crippen molar-refractivity contribution in [1.29, 1.82) is 0 Å². The number of hydrogen-bond donors (Lipinski definition) is 1. The first-order chi connectivity index (χ1) is 9.69. The van der Waals surface area contributed by atoms with Crippen LogP contribution in [0.1, 0.15) is 19.3 Å². The minimum atomic E-state index is -0.327. The molecule has 110 valence electrons. The zero-order chi connectivity index (χ0) is 14.4. The number of aliphatic hydroxyl groups excluding tert-OH is 1. The number of carbonyl (C=O) groups is 1. The van der Waals surface area contributed by atoms with Crippen LogP contribution in [0.5, 0.6) is 5.75 Å². The number of hydrogen-bond acceptors (Lipinski definition) is 3. The van der Waals surface area contributed by atoms with E-state index in [-0.39, 0.29) is 24.9 Å². The topological polar surface area (TPSA) is 49.8 Å². The van der Waals surface area contributed by atoms with Crippen molar-refractivity contribution in [2.24, 2.45) is 5.92 Å². The number of likely N-dealkylation sites (tertiary alicyclic amines) is 1. The Bertz CT molecular complexity index is 433. The molecule has 0 spiro atoms. The van der Waals surface area contributed by atoms with E-state index in [1.807, 2.05) is 0 Å². The highest BCUT2D eigenvalue weighted by atomic mass is 19.1. The van der Waals surface area contributed by atoms with Gasteiger partial charge in [-0.3, -0.25) is 4.79 Å². The number of ether oxygens (including phenoxy) is 1. The summed E-state index contributed by atoms with van der Waals surface area (Å²) in [5.41, 5.74) is 0. The van der Waals surface area contributed by atoms with E-state index >= 15 is 0 Å². The summed E-state index contributed by atoms with van der Waals surface area (Å²) in [6, 6.07) is 5.62. The van der Waals surface area contributed by atoms with Gasteiger partial charge in [-0.05, 0) is 49.4 Å². The Hall–Kier alpha value is -1.62. The van der Waals surface area contributed by atoms with Crippen LogP contribution in [0, 0.1) is 11.7 Å². The van der Waals surface area contributed by atoms with E-state index in [1.165, 1.54) is 24.3 Å². The first-order valence-electron chi connectivity index (χ1n) is 6.96.